The summed E-state index contributed by atoms with van der Waals surface area (Å²) in [6, 6.07) is 16.6. The molecule has 0 aromatic heterocycles. The van der Waals surface area contributed by atoms with Gasteiger partial charge in [0.15, 0.2) is 0 Å². The summed E-state index contributed by atoms with van der Waals surface area (Å²) in [6.07, 6.45) is 1.69. The summed E-state index contributed by atoms with van der Waals surface area (Å²) in [6.45, 7) is 2.40. The topological polar surface area (TPSA) is 67.9 Å². The van der Waals surface area contributed by atoms with E-state index < -0.39 is 0 Å². The molecule has 1 saturated heterocycles. The van der Waals surface area contributed by atoms with Crippen molar-refractivity contribution in [1.29, 1.82) is 0 Å². The lowest BCUT2D eigenvalue weighted by molar-refractivity contribution is -0.136. The zero-order valence-electron chi connectivity index (χ0n) is 16.9. The molecule has 0 aliphatic carbocycles. The van der Waals surface area contributed by atoms with Crippen molar-refractivity contribution in [2.75, 3.05) is 32.8 Å². The molecule has 0 bridgehead atoms. The maximum atomic E-state index is 12.4. The molecule has 2 aromatic carbocycles. The molecule has 0 unspecified atom stereocenters. The molecule has 30 heavy (non-hydrogen) atoms. The Morgan fingerprint density at radius 1 is 0.933 bits per heavy atom. The fourth-order valence-electron chi connectivity index (χ4n) is 3.34. The Bertz CT molecular complexity index is 806. The number of nitrogens with zero attached hydrogens (tertiary/aromatic N) is 1. The molecule has 7 heteroatoms. The van der Waals surface area contributed by atoms with Crippen LogP contribution in [0.3, 0.4) is 0 Å². The van der Waals surface area contributed by atoms with Gasteiger partial charge in [0.25, 0.3) is 0 Å². The van der Waals surface area contributed by atoms with E-state index in [0.29, 0.717) is 57.1 Å². The van der Waals surface area contributed by atoms with Crippen LogP contribution in [0.25, 0.3) is 0 Å². The van der Waals surface area contributed by atoms with Crippen molar-refractivity contribution in [2.45, 2.75) is 19.3 Å². The minimum Gasteiger partial charge on any atom is -0.493 e. The molecular weight excluding hydrogens is 404 g/mol. The lowest BCUT2D eigenvalue weighted by Crippen LogP contribution is -2.43. The first-order valence-electron chi connectivity index (χ1n) is 10.2. The highest BCUT2D eigenvalue weighted by Crippen LogP contribution is 2.19. The van der Waals surface area contributed by atoms with E-state index >= 15 is 0 Å². The molecule has 2 aromatic rings. The summed E-state index contributed by atoms with van der Waals surface area (Å²) in [7, 11) is 0. The summed E-state index contributed by atoms with van der Waals surface area (Å²) in [5.74, 6) is 1.51. The van der Waals surface area contributed by atoms with Crippen LogP contribution in [0.1, 0.15) is 19.3 Å². The summed E-state index contributed by atoms with van der Waals surface area (Å²) < 4.78 is 11.2. The van der Waals surface area contributed by atoms with Crippen LogP contribution in [0.2, 0.25) is 5.02 Å². The number of amides is 2. The molecule has 1 heterocycles. The largest absolute Gasteiger partial charge is 0.493 e. The molecule has 0 saturated carbocycles. The van der Waals surface area contributed by atoms with Gasteiger partial charge in [-0.05, 0) is 49.2 Å². The van der Waals surface area contributed by atoms with Crippen molar-refractivity contribution >= 4 is 23.4 Å². The SMILES string of the molecule is O=C(NCCOc1ccc(Cl)cc1)C1CCN(C(=O)CCOc2ccccc2)CC1. The Balaban J connectivity index is 1.28. The van der Waals surface area contributed by atoms with Gasteiger partial charge in [-0.15, -0.1) is 0 Å². The van der Waals surface area contributed by atoms with E-state index in [4.69, 9.17) is 21.1 Å². The number of hydrogen-bond donors (Lipinski definition) is 1. The van der Waals surface area contributed by atoms with Crippen LogP contribution in [0.4, 0.5) is 0 Å². The maximum Gasteiger partial charge on any atom is 0.225 e. The summed E-state index contributed by atoms with van der Waals surface area (Å²) >= 11 is 5.84. The fourth-order valence-corrected chi connectivity index (χ4v) is 3.47. The summed E-state index contributed by atoms with van der Waals surface area (Å²) in [5, 5.41) is 3.57. The van der Waals surface area contributed by atoms with E-state index in [-0.39, 0.29) is 17.7 Å². The maximum absolute atomic E-state index is 12.4. The van der Waals surface area contributed by atoms with Gasteiger partial charge >= 0.3 is 0 Å². The van der Waals surface area contributed by atoms with Gasteiger partial charge in [0.1, 0.15) is 18.1 Å². The van der Waals surface area contributed by atoms with Crippen LogP contribution in [0.15, 0.2) is 54.6 Å². The Labute approximate surface area is 182 Å². The molecule has 3 rings (SSSR count). The van der Waals surface area contributed by atoms with Gasteiger partial charge in [-0.25, -0.2) is 0 Å². The second-order valence-corrected chi connectivity index (χ2v) is 7.60. The molecule has 160 valence electrons. The monoisotopic (exact) mass is 430 g/mol. The van der Waals surface area contributed by atoms with Crippen LogP contribution in [0.5, 0.6) is 11.5 Å². The molecule has 2 amide bonds. The average molecular weight is 431 g/mol. The van der Waals surface area contributed by atoms with Gasteiger partial charge < -0.3 is 19.7 Å². The molecule has 1 aliphatic rings. The normalized spacial score (nSPS) is 14.2. The smallest absolute Gasteiger partial charge is 0.225 e. The number of benzene rings is 2. The van der Waals surface area contributed by atoms with E-state index in [2.05, 4.69) is 5.32 Å². The number of piperidine rings is 1. The van der Waals surface area contributed by atoms with Crippen molar-refractivity contribution in [3.63, 3.8) is 0 Å². The van der Waals surface area contributed by atoms with Gasteiger partial charge in [-0.1, -0.05) is 29.8 Å². The number of para-hydroxylation sites is 1. The van der Waals surface area contributed by atoms with E-state index in [1.165, 1.54) is 0 Å². The molecule has 1 N–H and O–H groups in total. The third kappa shape index (κ3) is 6.95. The van der Waals surface area contributed by atoms with Crippen LogP contribution in [0, 0.1) is 5.92 Å². The van der Waals surface area contributed by atoms with Gasteiger partial charge in [-0.3, -0.25) is 9.59 Å². The zero-order chi connectivity index (χ0) is 21.2. The van der Waals surface area contributed by atoms with E-state index in [0.717, 1.165) is 11.5 Å². The van der Waals surface area contributed by atoms with Crippen LogP contribution in [-0.4, -0.2) is 49.6 Å². The van der Waals surface area contributed by atoms with E-state index in [9.17, 15) is 9.59 Å². The minimum atomic E-state index is -0.0647. The predicted octanol–water partition coefficient (Wildman–Crippen LogP) is 3.54. The zero-order valence-corrected chi connectivity index (χ0v) is 17.6. The van der Waals surface area contributed by atoms with Crippen LogP contribution in [-0.2, 0) is 9.59 Å². The fraction of sp³-hybridized carbons (Fsp3) is 0.391. The first-order chi connectivity index (χ1) is 14.6. The number of hydrogen-bond acceptors (Lipinski definition) is 4. The molecular formula is C23H27ClN2O4. The minimum absolute atomic E-state index is 0.0224. The first kappa shape index (κ1) is 22.0. The number of carbonyl (C=O) groups excluding carboxylic acids is 2. The number of nitrogens with one attached hydrogen (secondary N) is 1. The van der Waals surface area contributed by atoms with Crippen molar-refractivity contribution in [2.24, 2.45) is 5.92 Å². The molecule has 1 aliphatic heterocycles. The van der Waals surface area contributed by atoms with Gasteiger partial charge in [0.05, 0.1) is 19.6 Å². The average Bonchev–Trinajstić information content (AvgIpc) is 2.78. The summed E-state index contributed by atoms with van der Waals surface area (Å²) in [5.41, 5.74) is 0. The van der Waals surface area contributed by atoms with Gasteiger partial charge in [0.2, 0.25) is 11.8 Å². The highest BCUT2D eigenvalue weighted by molar-refractivity contribution is 6.30. The Morgan fingerprint density at radius 2 is 1.57 bits per heavy atom. The Morgan fingerprint density at radius 3 is 2.27 bits per heavy atom. The molecule has 6 nitrogen and oxygen atoms in total. The second kappa shape index (κ2) is 11.5. The highest BCUT2D eigenvalue weighted by Gasteiger charge is 2.26. The Kier molecular flexibility index (Phi) is 8.39. The van der Waals surface area contributed by atoms with Crippen molar-refractivity contribution in [1.82, 2.24) is 10.2 Å². The Hall–Kier alpha value is -2.73. The number of rotatable bonds is 9. The predicted molar refractivity (Wildman–Crippen MR) is 116 cm³/mol. The van der Waals surface area contributed by atoms with Crippen molar-refractivity contribution in [3.8, 4) is 11.5 Å². The lowest BCUT2D eigenvalue weighted by atomic mass is 9.95. The standard InChI is InChI=1S/C23H27ClN2O4/c24-19-6-8-21(9-7-19)30-17-13-25-23(28)18-10-14-26(15-11-18)22(27)12-16-29-20-4-2-1-3-5-20/h1-9,18H,10-17H2,(H,25,28). The van der Waals surface area contributed by atoms with Crippen LogP contribution < -0.4 is 14.8 Å². The van der Waals surface area contributed by atoms with Crippen LogP contribution >= 0.6 is 11.6 Å². The second-order valence-electron chi connectivity index (χ2n) is 7.16. The number of carbonyl (C=O) groups is 2. The van der Waals surface area contributed by atoms with Gasteiger partial charge in [0, 0.05) is 24.0 Å². The summed E-state index contributed by atoms with van der Waals surface area (Å²) in [4.78, 5) is 26.5. The lowest BCUT2D eigenvalue weighted by Gasteiger charge is -2.31. The van der Waals surface area contributed by atoms with Gasteiger partial charge in [-0.2, -0.15) is 0 Å². The number of halogens is 1. The highest BCUT2D eigenvalue weighted by atomic mass is 35.5. The molecule has 1 fully saturated rings. The first-order valence-corrected chi connectivity index (χ1v) is 10.6. The van der Waals surface area contributed by atoms with E-state index in [1.807, 2.05) is 35.2 Å². The van der Waals surface area contributed by atoms with Crippen molar-refractivity contribution < 1.29 is 19.1 Å². The molecule has 0 spiro atoms. The van der Waals surface area contributed by atoms with Crippen molar-refractivity contribution in [3.05, 3.63) is 59.6 Å². The molecule has 0 atom stereocenters. The third-order valence-electron chi connectivity index (χ3n) is 5.03. The quantitative estimate of drug-likeness (QED) is 0.618. The molecule has 0 radical (unpaired) electrons. The number of ether oxygens (including phenoxy) is 2. The van der Waals surface area contributed by atoms with E-state index in [1.54, 1.807) is 24.3 Å². The third-order valence-corrected chi connectivity index (χ3v) is 5.28. The number of likely N-dealkylation sites (tertiary alicyclic amines) is 1.